The van der Waals surface area contributed by atoms with Gasteiger partial charge in [0.15, 0.2) is 6.79 Å². The van der Waals surface area contributed by atoms with E-state index in [0.717, 1.165) is 5.56 Å². The van der Waals surface area contributed by atoms with Gasteiger partial charge in [-0.3, -0.25) is 0 Å². The average molecular weight is 210 g/mol. The summed E-state index contributed by atoms with van der Waals surface area (Å²) in [6.07, 6.45) is -0.513. The molecule has 0 aromatic heterocycles. The van der Waals surface area contributed by atoms with Crippen LogP contribution in [0.3, 0.4) is 0 Å². The first kappa shape index (κ1) is 10.3. The van der Waals surface area contributed by atoms with E-state index in [9.17, 15) is 5.11 Å². The summed E-state index contributed by atoms with van der Waals surface area (Å²) in [5.74, 6) is 1.38. The van der Waals surface area contributed by atoms with E-state index in [0.29, 0.717) is 24.7 Å². The highest BCUT2D eigenvalue weighted by Gasteiger charge is 2.21. The van der Waals surface area contributed by atoms with Crippen LogP contribution in [0.5, 0.6) is 11.5 Å². The lowest BCUT2D eigenvalue weighted by Gasteiger charge is -2.07. The Morgan fingerprint density at radius 1 is 1.53 bits per heavy atom. The molecular weight excluding hydrogens is 196 g/mol. The first-order valence-electron chi connectivity index (χ1n) is 4.96. The molecule has 1 aromatic carbocycles. The molecule has 0 saturated heterocycles. The van der Waals surface area contributed by atoms with E-state index in [1.807, 2.05) is 13.0 Å². The smallest absolute Gasteiger partial charge is 0.189 e. The van der Waals surface area contributed by atoms with Crippen LogP contribution in [0.25, 0.3) is 0 Å². The quantitative estimate of drug-likeness (QED) is 0.604. The molecule has 15 heavy (non-hydrogen) atoms. The third-order valence-corrected chi connectivity index (χ3v) is 2.25. The van der Waals surface area contributed by atoms with Crippen molar-refractivity contribution in [2.24, 2.45) is 0 Å². The first-order valence-corrected chi connectivity index (χ1v) is 4.96. The molecule has 4 nitrogen and oxygen atoms in total. The Kier molecular flexibility index (Phi) is 3.08. The molecule has 0 aliphatic carbocycles. The number of rotatable bonds is 4. The van der Waals surface area contributed by atoms with Gasteiger partial charge in [0.2, 0.25) is 0 Å². The van der Waals surface area contributed by atoms with E-state index in [1.54, 1.807) is 12.1 Å². The standard InChI is InChI=1S/C11H14O4/c1-2-13-7-15-8-3-4-9-10(12)6-14-11(9)5-8/h3-5,10,12H,2,6-7H2,1H3. The predicted molar refractivity (Wildman–Crippen MR) is 54.0 cm³/mol. The Balaban J connectivity index is 2.03. The van der Waals surface area contributed by atoms with Crippen LogP contribution in [0.2, 0.25) is 0 Å². The van der Waals surface area contributed by atoms with Crippen LogP contribution in [-0.2, 0) is 4.74 Å². The maximum absolute atomic E-state index is 9.50. The largest absolute Gasteiger partial charge is 0.490 e. The van der Waals surface area contributed by atoms with Crippen molar-refractivity contribution < 1.29 is 19.3 Å². The molecule has 2 rings (SSSR count). The van der Waals surface area contributed by atoms with Gasteiger partial charge in [0.1, 0.15) is 24.2 Å². The molecular formula is C11H14O4. The normalized spacial score (nSPS) is 18.4. The van der Waals surface area contributed by atoms with E-state index in [-0.39, 0.29) is 6.79 Å². The molecule has 1 aromatic rings. The van der Waals surface area contributed by atoms with Gasteiger partial charge in [-0.1, -0.05) is 0 Å². The van der Waals surface area contributed by atoms with Crippen LogP contribution in [0, 0.1) is 0 Å². The van der Waals surface area contributed by atoms with E-state index in [1.165, 1.54) is 0 Å². The molecule has 1 unspecified atom stereocenters. The van der Waals surface area contributed by atoms with Crippen molar-refractivity contribution in [1.82, 2.24) is 0 Å². The van der Waals surface area contributed by atoms with Gasteiger partial charge in [-0.15, -0.1) is 0 Å². The molecule has 1 atom stereocenters. The lowest BCUT2D eigenvalue weighted by Crippen LogP contribution is -2.01. The molecule has 0 radical (unpaired) electrons. The number of benzene rings is 1. The maximum Gasteiger partial charge on any atom is 0.189 e. The van der Waals surface area contributed by atoms with Crippen LogP contribution in [0.4, 0.5) is 0 Å². The summed E-state index contributed by atoms with van der Waals surface area (Å²) in [7, 11) is 0. The van der Waals surface area contributed by atoms with Crippen molar-refractivity contribution in [3.05, 3.63) is 23.8 Å². The summed E-state index contributed by atoms with van der Waals surface area (Å²) in [5, 5.41) is 9.50. The van der Waals surface area contributed by atoms with Crippen LogP contribution >= 0.6 is 0 Å². The fourth-order valence-electron chi connectivity index (χ4n) is 1.46. The summed E-state index contributed by atoms with van der Waals surface area (Å²) < 4.78 is 15.7. The van der Waals surface area contributed by atoms with Crippen molar-refractivity contribution >= 4 is 0 Å². The molecule has 1 aliphatic rings. The molecule has 0 spiro atoms. The molecule has 0 amide bonds. The second-order valence-corrected chi connectivity index (χ2v) is 3.28. The Morgan fingerprint density at radius 3 is 3.20 bits per heavy atom. The molecule has 0 saturated carbocycles. The van der Waals surface area contributed by atoms with Gasteiger partial charge in [0.25, 0.3) is 0 Å². The summed E-state index contributed by atoms with van der Waals surface area (Å²) >= 11 is 0. The Hall–Kier alpha value is -1.26. The Bertz CT molecular complexity index is 337. The topological polar surface area (TPSA) is 47.9 Å². The Labute approximate surface area is 88.4 Å². The van der Waals surface area contributed by atoms with Crippen LogP contribution in [0.15, 0.2) is 18.2 Å². The van der Waals surface area contributed by atoms with Crippen molar-refractivity contribution in [2.45, 2.75) is 13.0 Å². The summed E-state index contributed by atoms with van der Waals surface area (Å²) in [6.45, 7) is 3.09. The van der Waals surface area contributed by atoms with Crippen LogP contribution in [-0.4, -0.2) is 25.1 Å². The van der Waals surface area contributed by atoms with Crippen molar-refractivity contribution in [3.8, 4) is 11.5 Å². The monoisotopic (exact) mass is 210 g/mol. The van der Waals surface area contributed by atoms with Gasteiger partial charge in [0, 0.05) is 18.2 Å². The maximum atomic E-state index is 9.50. The highest BCUT2D eigenvalue weighted by molar-refractivity contribution is 5.44. The number of aliphatic hydroxyl groups is 1. The molecule has 0 bridgehead atoms. The lowest BCUT2D eigenvalue weighted by molar-refractivity contribution is 0.0223. The molecule has 1 N–H and O–H groups in total. The summed E-state index contributed by atoms with van der Waals surface area (Å²) in [5.41, 5.74) is 0.818. The highest BCUT2D eigenvalue weighted by Crippen LogP contribution is 2.34. The minimum atomic E-state index is -0.513. The highest BCUT2D eigenvalue weighted by atomic mass is 16.7. The molecule has 1 heterocycles. The fraction of sp³-hybridized carbons (Fsp3) is 0.455. The van der Waals surface area contributed by atoms with Gasteiger partial charge in [-0.2, -0.15) is 0 Å². The number of ether oxygens (including phenoxy) is 3. The summed E-state index contributed by atoms with van der Waals surface area (Å²) in [4.78, 5) is 0. The second kappa shape index (κ2) is 4.51. The average Bonchev–Trinajstić information content (AvgIpc) is 2.61. The number of hydrogen-bond donors (Lipinski definition) is 1. The SMILES string of the molecule is CCOCOc1ccc2c(c1)OCC2O. The van der Waals surface area contributed by atoms with Gasteiger partial charge < -0.3 is 19.3 Å². The summed E-state index contributed by atoms with van der Waals surface area (Å²) in [6, 6.07) is 5.38. The minimum absolute atomic E-state index is 0.234. The number of hydrogen-bond acceptors (Lipinski definition) is 4. The van der Waals surface area contributed by atoms with E-state index in [4.69, 9.17) is 14.2 Å². The fourth-order valence-corrected chi connectivity index (χ4v) is 1.46. The zero-order chi connectivity index (χ0) is 10.7. The third-order valence-electron chi connectivity index (χ3n) is 2.25. The zero-order valence-corrected chi connectivity index (χ0v) is 8.60. The van der Waals surface area contributed by atoms with Gasteiger partial charge in [0.05, 0.1) is 0 Å². The van der Waals surface area contributed by atoms with Crippen LogP contribution in [0.1, 0.15) is 18.6 Å². The molecule has 4 heteroatoms. The lowest BCUT2D eigenvalue weighted by atomic mass is 10.1. The molecule has 1 aliphatic heterocycles. The van der Waals surface area contributed by atoms with Gasteiger partial charge in [-0.25, -0.2) is 0 Å². The van der Waals surface area contributed by atoms with Crippen molar-refractivity contribution in [2.75, 3.05) is 20.0 Å². The van der Waals surface area contributed by atoms with E-state index < -0.39 is 6.10 Å². The molecule has 0 fully saturated rings. The first-order chi connectivity index (χ1) is 7.31. The molecule has 82 valence electrons. The predicted octanol–water partition coefficient (Wildman–Crippen LogP) is 1.49. The number of aliphatic hydroxyl groups excluding tert-OH is 1. The minimum Gasteiger partial charge on any atom is -0.490 e. The second-order valence-electron chi connectivity index (χ2n) is 3.28. The van der Waals surface area contributed by atoms with Gasteiger partial charge >= 0.3 is 0 Å². The van der Waals surface area contributed by atoms with Gasteiger partial charge in [-0.05, 0) is 19.1 Å². The Morgan fingerprint density at radius 2 is 2.40 bits per heavy atom. The van der Waals surface area contributed by atoms with Crippen molar-refractivity contribution in [3.63, 3.8) is 0 Å². The van der Waals surface area contributed by atoms with E-state index in [2.05, 4.69) is 0 Å². The van der Waals surface area contributed by atoms with Crippen LogP contribution < -0.4 is 9.47 Å². The zero-order valence-electron chi connectivity index (χ0n) is 8.60. The van der Waals surface area contributed by atoms with E-state index >= 15 is 0 Å². The number of fused-ring (bicyclic) bond motifs is 1. The van der Waals surface area contributed by atoms with Crippen molar-refractivity contribution in [1.29, 1.82) is 0 Å². The third kappa shape index (κ3) is 2.22.